The first-order chi connectivity index (χ1) is 32.7. The van der Waals surface area contributed by atoms with Gasteiger partial charge in [-0.05, 0) is 102 Å². The number of hydrogen-bond donors (Lipinski definition) is 0. The maximum absolute atomic E-state index is 7.44. The van der Waals surface area contributed by atoms with Crippen LogP contribution in [-0.4, -0.2) is 19.9 Å². The van der Waals surface area contributed by atoms with E-state index < -0.39 is 0 Å². The van der Waals surface area contributed by atoms with E-state index in [1.54, 1.807) is 0 Å². The Balaban J connectivity index is 1.02. The van der Waals surface area contributed by atoms with Crippen LogP contribution in [0.15, 0.2) is 225 Å². The van der Waals surface area contributed by atoms with Gasteiger partial charge in [0, 0.05) is 33.8 Å². The molecule has 0 aliphatic heterocycles. The second-order valence-corrected chi connectivity index (χ2v) is 16.5. The quantitative estimate of drug-likeness (QED) is 0.118. The van der Waals surface area contributed by atoms with Gasteiger partial charge >= 0.3 is 0 Å². The molecule has 0 saturated heterocycles. The topological polar surface area (TPSA) is 55.9 Å². The molecule has 2 aromatic heterocycles. The van der Waals surface area contributed by atoms with Crippen LogP contribution >= 0.6 is 0 Å². The normalized spacial score (nSPS) is 11.3. The zero-order valence-corrected chi connectivity index (χ0v) is 35.6. The maximum Gasteiger partial charge on any atom is 0.187 e. The molecule has 0 saturated carbocycles. The molecule has 5 heteroatoms. The predicted molar refractivity (Wildman–Crippen MR) is 272 cm³/mol. The number of aromatic nitrogens is 4. The lowest BCUT2D eigenvalue weighted by molar-refractivity contribution is 1.07. The standard InChI is InChI=1S/C61H37N5/c1-62-46-30-28-40(29-31-46)47-32-33-52(49-24-9-8-23-48(47)49)57-38-55-51-26-11-10-25-50(51)54(37-56(55)53-27-14-34-63-58(53)57)43-20-13-22-45(36-43)61-65-59(41-17-6-3-7-18-41)64-60(66-61)44-21-12-19-42(35-44)39-15-4-2-5-16-39/h2-38H. The first-order valence-electron chi connectivity index (χ1n) is 22.0. The Bertz CT molecular complexity index is 3870. The van der Waals surface area contributed by atoms with Crippen LogP contribution < -0.4 is 0 Å². The van der Waals surface area contributed by atoms with Gasteiger partial charge < -0.3 is 0 Å². The molecule has 0 aliphatic rings. The minimum atomic E-state index is 0.605. The highest BCUT2D eigenvalue weighted by Crippen LogP contribution is 2.44. The molecule has 0 radical (unpaired) electrons. The molecule has 0 spiro atoms. The van der Waals surface area contributed by atoms with Gasteiger partial charge in [-0.15, -0.1) is 0 Å². The minimum Gasteiger partial charge on any atom is -0.256 e. The van der Waals surface area contributed by atoms with Crippen LogP contribution in [0.25, 0.3) is 127 Å². The summed E-state index contributed by atoms with van der Waals surface area (Å²) in [5.41, 5.74) is 13.1. The number of hydrogen-bond acceptors (Lipinski definition) is 4. The van der Waals surface area contributed by atoms with E-state index in [9.17, 15) is 0 Å². The summed E-state index contributed by atoms with van der Waals surface area (Å²) in [5, 5.41) is 7.99. The number of fused-ring (bicyclic) bond motifs is 6. The lowest BCUT2D eigenvalue weighted by Crippen LogP contribution is -2.00. The van der Waals surface area contributed by atoms with Gasteiger partial charge in [-0.1, -0.05) is 188 Å². The van der Waals surface area contributed by atoms with E-state index in [0.29, 0.717) is 23.2 Å². The first-order valence-corrected chi connectivity index (χ1v) is 22.0. The van der Waals surface area contributed by atoms with Crippen molar-refractivity contribution in [3.05, 3.63) is 236 Å². The summed E-state index contributed by atoms with van der Waals surface area (Å²) in [7, 11) is 0. The Morgan fingerprint density at radius 2 is 0.773 bits per heavy atom. The second kappa shape index (κ2) is 16.2. The molecule has 0 bridgehead atoms. The SMILES string of the molecule is [C-]#[N+]c1ccc(-c2ccc(-c3cc4c5ccccc5c(-c5cccc(-c6nc(-c7ccccc7)nc(-c7cccc(-c8ccccc8)c7)n6)c5)cc4c4cccnc34)c3ccccc23)cc1. The molecule has 5 nitrogen and oxygen atoms in total. The van der Waals surface area contributed by atoms with Gasteiger partial charge in [0.15, 0.2) is 23.2 Å². The molecule has 0 unspecified atom stereocenters. The lowest BCUT2D eigenvalue weighted by atomic mass is 9.87. The molecule has 12 rings (SSSR count). The third-order valence-electron chi connectivity index (χ3n) is 12.6. The van der Waals surface area contributed by atoms with Crippen molar-refractivity contribution < 1.29 is 0 Å². The molecule has 10 aromatic carbocycles. The highest BCUT2D eigenvalue weighted by Gasteiger charge is 2.19. The third-order valence-corrected chi connectivity index (χ3v) is 12.6. The summed E-state index contributed by atoms with van der Waals surface area (Å²) in [4.78, 5) is 24.0. The number of rotatable bonds is 7. The summed E-state index contributed by atoms with van der Waals surface area (Å²) in [6.07, 6.45) is 1.89. The van der Waals surface area contributed by atoms with E-state index in [1.165, 1.54) is 0 Å². The van der Waals surface area contributed by atoms with Crippen molar-refractivity contribution >= 4 is 48.9 Å². The first kappa shape index (κ1) is 38.6. The summed E-state index contributed by atoms with van der Waals surface area (Å²) >= 11 is 0. The lowest BCUT2D eigenvalue weighted by Gasteiger charge is -2.17. The van der Waals surface area contributed by atoms with Crippen molar-refractivity contribution in [1.29, 1.82) is 0 Å². The van der Waals surface area contributed by atoms with E-state index in [0.717, 1.165) is 104 Å². The van der Waals surface area contributed by atoms with Gasteiger partial charge in [0.25, 0.3) is 0 Å². The molecule has 0 amide bonds. The Labute approximate surface area is 381 Å². The molecule has 12 aromatic rings. The van der Waals surface area contributed by atoms with Gasteiger partial charge in [0.05, 0.1) is 12.1 Å². The fourth-order valence-electron chi connectivity index (χ4n) is 9.42. The monoisotopic (exact) mass is 839 g/mol. The van der Waals surface area contributed by atoms with Crippen LogP contribution in [0, 0.1) is 6.57 Å². The van der Waals surface area contributed by atoms with E-state index in [-0.39, 0.29) is 0 Å². The Morgan fingerprint density at radius 3 is 1.45 bits per heavy atom. The van der Waals surface area contributed by atoms with Gasteiger partial charge in [-0.25, -0.2) is 19.8 Å². The van der Waals surface area contributed by atoms with Crippen LogP contribution in [0.2, 0.25) is 0 Å². The molecule has 0 aliphatic carbocycles. The van der Waals surface area contributed by atoms with Crippen molar-refractivity contribution in [2.75, 3.05) is 0 Å². The van der Waals surface area contributed by atoms with E-state index in [4.69, 9.17) is 26.5 Å². The van der Waals surface area contributed by atoms with Crippen molar-refractivity contribution in [3.63, 3.8) is 0 Å². The maximum atomic E-state index is 7.44. The molecule has 0 fully saturated rings. The highest BCUT2D eigenvalue weighted by atomic mass is 15.0. The Kier molecular flexibility index (Phi) is 9.48. The van der Waals surface area contributed by atoms with Crippen molar-refractivity contribution in [2.24, 2.45) is 0 Å². The largest absolute Gasteiger partial charge is 0.256 e. The summed E-state index contributed by atoms with van der Waals surface area (Å²) in [6, 6.07) is 76.0. The van der Waals surface area contributed by atoms with E-state index >= 15 is 0 Å². The van der Waals surface area contributed by atoms with Crippen LogP contribution in [0.1, 0.15) is 0 Å². The third kappa shape index (κ3) is 6.82. The van der Waals surface area contributed by atoms with E-state index in [1.807, 2.05) is 72.9 Å². The van der Waals surface area contributed by atoms with Crippen LogP contribution in [0.4, 0.5) is 5.69 Å². The van der Waals surface area contributed by atoms with Gasteiger partial charge in [-0.2, -0.15) is 0 Å². The zero-order chi connectivity index (χ0) is 44.0. The predicted octanol–water partition coefficient (Wildman–Crippen LogP) is 16.1. The molecule has 2 heterocycles. The van der Waals surface area contributed by atoms with Gasteiger partial charge in [0.1, 0.15) is 0 Å². The van der Waals surface area contributed by atoms with E-state index in [2.05, 4.69) is 157 Å². The van der Waals surface area contributed by atoms with Crippen molar-refractivity contribution in [1.82, 2.24) is 19.9 Å². The van der Waals surface area contributed by atoms with Crippen LogP contribution in [0.5, 0.6) is 0 Å². The molecule has 66 heavy (non-hydrogen) atoms. The number of benzene rings is 10. The smallest absolute Gasteiger partial charge is 0.187 e. The Hall–Kier alpha value is -9.11. The number of nitrogens with zero attached hydrogens (tertiary/aromatic N) is 5. The molecule has 0 N–H and O–H groups in total. The average Bonchev–Trinajstić information content (AvgIpc) is 3.40. The summed E-state index contributed by atoms with van der Waals surface area (Å²) in [6.45, 7) is 7.44. The zero-order valence-electron chi connectivity index (χ0n) is 35.6. The second-order valence-electron chi connectivity index (χ2n) is 16.5. The summed E-state index contributed by atoms with van der Waals surface area (Å²) in [5.74, 6) is 1.84. The van der Waals surface area contributed by atoms with Crippen molar-refractivity contribution in [2.45, 2.75) is 0 Å². The van der Waals surface area contributed by atoms with Crippen molar-refractivity contribution in [3.8, 4) is 78.7 Å². The average molecular weight is 840 g/mol. The van der Waals surface area contributed by atoms with Crippen LogP contribution in [-0.2, 0) is 0 Å². The Morgan fingerprint density at radius 1 is 0.288 bits per heavy atom. The molecular weight excluding hydrogens is 803 g/mol. The fourth-order valence-corrected chi connectivity index (χ4v) is 9.42. The molecule has 306 valence electrons. The summed E-state index contributed by atoms with van der Waals surface area (Å²) < 4.78 is 0. The minimum absolute atomic E-state index is 0.605. The molecular formula is C61H37N5. The number of pyridine rings is 1. The fraction of sp³-hybridized carbons (Fsp3) is 0. The molecule has 0 atom stereocenters. The van der Waals surface area contributed by atoms with Gasteiger partial charge in [0.2, 0.25) is 0 Å². The highest BCUT2D eigenvalue weighted by molar-refractivity contribution is 6.24. The van der Waals surface area contributed by atoms with Gasteiger partial charge in [-0.3, -0.25) is 4.98 Å². The van der Waals surface area contributed by atoms with Crippen LogP contribution in [0.3, 0.4) is 0 Å².